The number of aromatic nitrogens is 2. The summed E-state index contributed by atoms with van der Waals surface area (Å²) >= 11 is 6.49. The largest absolute Gasteiger partial charge is 0.494 e. The van der Waals surface area contributed by atoms with Crippen molar-refractivity contribution in [3.8, 4) is 17.6 Å². The Kier molecular flexibility index (Phi) is 14.4. The monoisotopic (exact) mass is 923 g/mol. The van der Waals surface area contributed by atoms with Crippen molar-refractivity contribution in [3.63, 3.8) is 0 Å². The lowest BCUT2D eigenvalue weighted by molar-refractivity contribution is -0.136. The number of para-hydroxylation sites is 1. The molecule has 0 aliphatic carbocycles. The first-order valence-electron chi connectivity index (χ1n) is 22.4. The molecule has 4 aliphatic heterocycles. The summed E-state index contributed by atoms with van der Waals surface area (Å²) in [5.41, 5.74) is 3.62. The van der Waals surface area contributed by atoms with Crippen LogP contribution in [-0.2, 0) is 20.7 Å². The number of amides is 3. The summed E-state index contributed by atoms with van der Waals surface area (Å²) in [6.07, 6.45) is 7.92. The summed E-state index contributed by atoms with van der Waals surface area (Å²) in [5, 5.41) is 9.88. The molecule has 1 aromatic heterocycles. The van der Waals surface area contributed by atoms with Gasteiger partial charge in [0.1, 0.15) is 29.8 Å². The average molecular weight is 924 g/mol. The van der Waals surface area contributed by atoms with Crippen LogP contribution in [0.3, 0.4) is 0 Å². The van der Waals surface area contributed by atoms with Crippen LogP contribution in [0.2, 0.25) is 5.02 Å². The van der Waals surface area contributed by atoms with Gasteiger partial charge in [-0.05, 0) is 88.4 Å². The minimum atomic E-state index is -2.55. The molecule has 3 amide bonds. The van der Waals surface area contributed by atoms with Crippen LogP contribution in [0.1, 0.15) is 72.9 Å². The van der Waals surface area contributed by atoms with E-state index in [0.29, 0.717) is 51.8 Å². The number of unbranched alkanes of at least 4 members (excludes halogenated alkanes) is 3. The minimum Gasteiger partial charge on any atom is -0.494 e. The number of imide groups is 1. The number of carbonyl (C=O) groups is 3. The fraction of sp³-hybridized carbons (Fsp3) is 0.438. The van der Waals surface area contributed by atoms with E-state index in [2.05, 4.69) is 64.6 Å². The number of hydrogen-bond donors (Lipinski definition) is 3. The number of halogens is 2. The van der Waals surface area contributed by atoms with Crippen LogP contribution in [0.25, 0.3) is 0 Å². The molecule has 17 heteroatoms. The zero-order valence-electron chi connectivity index (χ0n) is 37.2. The summed E-state index contributed by atoms with van der Waals surface area (Å²) in [5.74, 6) is 5.78. The van der Waals surface area contributed by atoms with E-state index in [9.17, 15) is 23.3 Å². The van der Waals surface area contributed by atoms with Gasteiger partial charge in [-0.2, -0.15) is 4.98 Å². The predicted octanol–water partition coefficient (Wildman–Crippen LogP) is 6.97. The molecule has 3 aromatic carbocycles. The Bertz CT molecular complexity index is 2550. The highest BCUT2D eigenvalue weighted by Gasteiger charge is 2.41. The Morgan fingerprint density at radius 2 is 1.72 bits per heavy atom. The molecule has 0 spiro atoms. The second-order valence-corrected chi connectivity index (χ2v) is 21.0. The molecule has 8 rings (SSSR count). The van der Waals surface area contributed by atoms with Gasteiger partial charge in [0.15, 0.2) is 5.82 Å². The number of nitrogens with zero attached hydrogens (tertiary/aromatic N) is 6. The van der Waals surface area contributed by atoms with Crippen LogP contribution < -0.4 is 30.9 Å². The van der Waals surface area contributed by atoms with Crippen LogP contribution in [0.4, 0.5) is 33.2 Å². The Labute approximate surface area is 385 Å². The van der Waals surface area contributed by atoms with E-state index in [-0.39, 0.29) is 30.9 Å². The number of benzene rings is 3. The molecule has 1 atom stereocenters. The van der Waals surface area contributed by atoms with Gasteiger partial charge in [-0.25, -0.2) is 9.37 Å². The Hall–Kier alpha value is -5.52. The quantitative estimate of drug-likeness (QED) is 0.0519. The first kappa shape index (κ1) is 46.0. The molecule has 3 saturated heterocycles. The standard InChI is InChI=1S/C48H56ClFN9O5P/c1-64-41-29-34(15-17-38(41)53-48-51-30-36(49)45(55-48)52-39-12-8-9-13-42(39)65(2,3)63)57-23-20-33(21-24-57)58-27-25-56(26-28-58)22-10-6-4-5-7-11-32-14-16-37(50)44-35(32)31-59(47(44)62)40-18-19-43(60)54-46(40)61/h8-9,12-17,29-30,33,40H,4-6,10,18-28,31H2,1-3H3,(H,54,60,61)(H2,51,52,53,55). The van der Waals surface area contributed by atoms with Crippen molar-refractivity contribution in [1.29, 1.82) is 0 Å². The Morgan fingerprint density at radius 1 is 0.938 bits per heavy atom. The molecule has 0 bridgehead atoms. The molecule has 0 saturated carbocycles. The summed E-state index contributed by atoms with van der Waals surface area (Å²) in [7, 11) is -0.896. The van der Waals surface area contributed by atoms with E-state index in [1.54, 1.807) is 26.5 Å². The highest BCUT2D eigenvalue weighted by molar-refractivity contribution is 7.70. The molecule has 14 nitrogen and oxygen atoms in total. The molecule has 0 radical (unpaired) electrons. The zero-order chi connectivity index (χ0) is 45.7. The SMILES string of the molecule is COc1cc(N2CCC(N3CCN(CCCCCC#Cc4ccc(F)c5c4CN(C4CCC(=O)NC4=O)C5=O)CC3)CC2)ccc1Nc1ncc(Cl)c(Nc2ccccc2P(C)(C)=O)n1. The maximum Gasteiger partial charge on any atom is 0.258 e. The molecule has 1 unspecified atom stereocenters. The van der Waals surface area contributed by atoms with Crippen molar-refractivity contribution in [3.05, 3.63) is 88.3 Å². The van der Waals surface area contributed by atoms with Gasteiger partial charge in [0.2, 0.25) is 17.8 Å². The van der Waals surface area contributed by atoms with Gasteiger partial charge in [0.25, 0.3) is 5.91 Å². The van der Waals surface area contributed by atoms with E-state index in [4.69, 9.17) is 16.3 Å². The van der Waals surface area contributed by atoms with Crippen molar-refractivity contribution >= 4 is 70.6 Å². The van der Waals surface area contributed by atoms with Crippen molar-refractivity contribution < 1.29 is 28.1 Å². The van der Waals surface area contributed by atoms with Gasteiger partial charge >= 0.3 is 0 Å². The lowest BCUT2D eigenvalue weighted by Gasteiger charge is -2.43. The third-order valence-corrected chi connectivity index (χ3v) is 14.6. The summed E-state index contributed by atoms with van der Waals surface area (Å²) < 4.78 is 33.5. The second kappa shape index (κ2) is 20.3. The van der Waals surface area contributed by atoms with Gasteiger partial charge in [-0.1, -0.05) is 42.0 Å². The normalized spacial score (nSPS) is 18.5. The van der Waals surface area contributed by atoms with Gasteiger partial charge < -0.3 is 34.6 Å². The Morgan fingerprint density at radius 3 is 2.48 bits per heavy atom. The topological polar surface area (TPSA) is 152 Å². The van der Waals surface area contributed by atoms with Crippen LogP contribution in [-0.4, -0.2) is 121 Å². The van der Waals surface area contributed by atoms with E-state index < -0.39 is 30.8 Å². The molecule has 342 valence electrons. The third-order valence-electron chi connectivity index (χ3n) is 12.8. The number of nitrogens with one attached hydrogen (secondary N) is 3. The molecule has 65 heavy (non-hydrogen) atoms. The Balaban J connectivity index is 0.753. The highest BCUT2D eigenvalue weighted by Crippen LogP contribution is 2.39. The van der Waals surface area contributed by atoms with Crippen LogP contribution in [0.15, 0.2) is 60.8 Å². The van der Waals surface area contributed by atoms with Crippen molar-refractivity contribution in [1.82, 2.24) is 30.0 Å². The average Bonchev–Trinajstić information content (AvgIpc) is 3.65. The van der Waals surface area contributed by atoms with Gasteiger partial charge in [-0.3, -0.25) is 24.6 Å². The number of piperidine rings is 2. The molecular formula is C48H56ClFN9O5P. The number of hydrogen-bond acceptors (Lipinski definition) is 12. The van der Waals surface area contributed by atoms with Gasteiger partial charge in [0.05, 0.1) is 30.2 Å². The zero-order valence-corrected chi connectivity index (χ0v) is 38.8. The minimum absolute atomic E-state index is 0.0210. The number of methoxy groups -OCH3 is 1. The van der Waals surface area contributed by atoms with E-state index in [1.165, 1.54) is 17.2 Å². The molecular weight excluding hydrogens is 868 g/mol. The first-order chi connectivity index (χ1) is 31.4. The fourth-order valence-corrected chi connectivity index (χ4v) is 10.6. The third kappa shape index (κ3) is 10.8. The molecule has 4 aliphatic rings. The number of rotatable bonds is 14. The molecule has 3 N–H and O–H groups in total. The van der Waals surface area contributed by atoms with Crippen LogP contribution >= 0.6 is 18.7 Å². The van der Waals surface area contributed by atoms with E-state index >= 15 is 0 Å². The number of fused-ring (bicyclic) bond motifs is 1. The van der Waals surface area contributed by atoms with Gasteiger partial charge in [0, 0.05) is 92.9 Å². The van der Waals surface area contributed by atoms with Crippen molar-refractivity contribution in [2.75, 3.05) is 81.8 Å². The second-order valence-electron chi connectivity index (χ2n) is 17.4. The number of carbonyl (C=O) groups excluding carboxylic acids is 3. The predicted molar refractivity (Wildman–Crippen MR) is 253 cm³/mol. The van der Waals surface area contributed by atoms with Crippen molar-refractivity contribution in [2.45, 2.75) is 70.0 Å². The lowest BCUT2D eigenvalue weighted by Crippen LogP contribution is -2.53. The number of ether oxygens (including phenoxy) is 1. The van der Waals surface area contributed by atoms with Gasteiger partial charge in [-0.15, -0.1) is 0 Å². The van der Waals surface area contributed by atoms with E-state index in [0.717, 1.165) is 94.6 Å². The molecule has 3 fully saturated rings. The lowest BCUT2D eigenvalue weighted by atomic mass is 10.0. The molecule has 5 heterocycles. The fourth-order valence-electron chi connectivity index (χ4n) is 9.27. The number of anilines is 5. The van der Waals surface area contributed by atoms with Crippen LogP contribution in [0, 0.1) is 17.7 Å². The summed E-state index contributed by atoms with van der Waals surface area (Å²) in [6.45, 7) is 10.8. The van der Waals surface area contributed by atoms with Crippen molar-refractivity contribution in [2.24, 2.45) is 0 Å². The van der Waals surface area contributed by atoms with E-state index in [1.807, 2.05) is 30.3 Å². The first-order valence-corrected chi connectivity index (χ1v) is 25.4. The maximum atomic E-state index is 14.8. The van der Waals surface area contributed by atoms with Crippen LogP contribution in [0.5, 0.6) is 5.75 Å². The summed E-state index contributed by atoms with van der Waals surface area (Å²) in [6, 6.07) is 16.2. The smallest absolute Gasteiger partial charge is 0.258 e. The maximum absolute atomic E-state index is 14.8. The number of piperazine rings is 1. The highest BCUT2D eigenvalue weighted by atomic mass is 35.5. The molecule has 4 aromatic rings. The summed E-state index contributed by atoms with van der Waals surface area (Å²) in [4.78, 5) is 55.2.